The van der Waals surface area contributed by atoms with Crippen molar-refractivity contribution < 1.29 is 4.79 Å². The van der Waals surface area contributed by atoms with Gasteiger partial charge in [-0.1, -0.05) is 58.0 Å². The number of rotatable bonds is 5. The molecule has 0 amide bonds. The molecule has 0 bridgehead atoms. The predicted octanol–water partition coefficient (Wildman–Crippen LogP) is 5.18. The molecule has 4 nitrogen and oxygen atoms in total. The van der Waals surface area contributed by atoms with E-state index in [9.17, 15) is 9.59 Å². The first-order valence-corrected chi connectivity index (χ1v) is 10.8. The van der Waals surface area contributed by atoms with Gasteiger partial charge in [0, 0.05) is 10.0 Å². The number of fused-ring (bicyclic) bond motifs is 1. The molecular weight excluding hydrogens is 444 g/mol. The van der Waals surface area contributed by atoms with E-state index < -0.39 is 0 Å². The normalized spacial score (nSPS) is 11.0. The van der Waals surface area contributed by atoms with Crippen LogP contribution in [0.4, 0.5) is 0 Å². The van der Waals surface area contributed by atoms with Crippen LogP contribution < -0.4 is 5.56 Å². The molecular formula is C20H13BrN2O2S2. The van der Waals surface area contributed by atoms with Crippen LogP contribution in [0.25, 0.3) is 15.9 Å². The van der Waals surface area contributed by atoms with Crippen molar-refractivity contribution in [3.63, 3.8) is 0 Å². The van der Waals surface area contributed by atoms with Crippen LogP contribution in [-0.4, -0.2) is 21.1 Å². The highest BCUT2D eigenvalue weighted by Crippen LogP contribution is 2.25. The molecule has 0 aliphatic heterocycles. The van der Waals surface area contributed by atoms with E-state index in [1.54, 1.807) is 16.7 Å². The summed E-state index contributed by atoms with van der Waals surface area (Å²) in [6.07, 6.45) is 0. The van der Waals surface area contributed by atoms with E-state index >= 15 is 0 Å². The lowest BCUT2D eigenvalue weighted by Gasteiger charge is -2.12. The maximum absolute atomic E-state index is 13.0. The monoisotopic (exact) mass is 456 g/mol. The van der Waals surface area contributed by atoms with Gasteiger partial charge in [0.1, 0.15) is 4.70 Å². The van der Waals surface area contributed by atoms with Crippen molar-refractivity contribution in [2.75, 3.05) is 5.75 Å². The average molecular weight is 457 g/mol. The van der Waals surface area contributed by atoms with Crippen LogP contribution in [0.5, 0.6) is 0 Å². The van der Waals surface area contributed by atoms with Gasteiger partial charge in [0.25, 0.3) is 5.56 Å². The van der Waals surface area contributed by atoms with Crippen LogP contribution in [-0.2, 0) is 0 Å². The molecule has 2 heterocycles. The average Bonchev–Trinajstić information content (AvgIpc) is 3.17. The lowest BCUT2D eigenvalue weighted by molar-refractivity contribution is 0.102. The van der Waals surface area contributed by atoms with E-state index in [0.717, 1.165) is 10.2 Å². The maximum Gasteiger partial charge on any atom is 0.276 e. The number of Topliss-reactive ketones (excluding diaryl/α,β-unsaturated/α-hetero) is 1. The minimum Gasteiger partial charge on any atom is -0.293 e. The Bertz CT molecular complexity index is 1170. The first-order valence-electron chi connectivity index (χ1n) is 8.11. The van der Waals surface area contributed by atoms with Gasteiger partial charge in [0.05, 0.1) is 17.0 Å². The van der Waals surface area contributed by atoms with Gasteiger partial charge in [-0.2, -0.15) is 0 Å². The number of carbonyl (C=O) groups is 1. The zero-order valence-corrected chi connectivity index (χ0v) is 17.2. The molecule has 0 unspecified atom stereocenters. The van der Waals surface area contributed by atoms with Crippen molar-refractivity contribution >= 4 is 55.0 Å². The number of thiophene rings is 1. The largest absolute Gasteiger partial charge is 0.293 e. The summed E-state index contributed by atoms with van der Waals surface area (Å²) in [6.45, 7) is 0. The smallest absolute Gasteiger partial charge is 0.276 e. The molecule has 0 aliphatic carbocycles. The summed E-state index contributed by atoms with van der Waals surface area (Å²) in [4.78, 5) is 30.1. The van der Waals surface area contributed by atoms with E-state index in [1.165, 1.54) is 23.1 Å². The molecule has 4 rings (SSSR count). The minimum absolute atomic E-state index is 0.00243. The second-order valence-electron chi connectivity index (χ2n) is 5.72. The molecule has 7 heteroatoms. The van der Waals surface area contributed by atoms with Crippen LogP contribution in [0.1, 0.15) is 10.4 Å². The van der Waals surface area contributed by atoms with Crippen molar-refractivity contribution in [2.45, 2.75) is 5.16 Å². The molecule has 0 aliphatic rings. The standard InChI is InChI=1S/C20H13BrN2O2S2/c21-14-6-8-15(9-7-14)23-19(25)18-16(10-11-26-18)22-20(23)27-12-17(24)13-4-2-1-3-5-13/h1-11H,12H2. The molecule has 4 aromatic rings. The van der Waals surface area contributed by atoms with Gasteiger partial charge in [-0.05, 0) is 35.7 Å². The summed E-state index contributed by atoms with van der Waals surface area (Å²) in [5.41, 5.74) is 1.92. The summed E-state index contributed by atoms with van der Waals surface area (Å²) >= 11 is 6.06. The van der Waals surface area contributed by atoms with E-state index in [2.05, 4.69) is 20.9 Å². The Morgan fingerprint density at radius 2 is 1.81 bits per heavy atom. The van der Waals surface area contributed by atoms with Crippen molar-refractivity contribution in [1.82, 2.24) is 9.55 Å². The van der Waals surface area contributed by atoms with Crippen LogP contribution >= 0.6 is 39.0 Å². The number of carbonyl (C=O) groups excluding carboxylic acids is 1. The Kier molecular flexibility index (Phi) is 5.24. The number of nitrogens with zero attached hydrogens (tertiary/aromatic N) is 2. The van der Waals surface area contributed by atoms with Gasteiger partial charge in [0.2, 0.25) is 0 Å². The fraction of sp³-hybridized carbons (Fsp3) is 0.0500. The molecule has 2 aromatic heterocycles. The number of hydrogen-bond donors (Lipinski definition) is 0. The third-order valence-electron chi connectivity index (χ3n) is 3.96. The lowest BCUT2D eigenvalue weighted by atomic mass is 10.2. The van der Waals surface area contributed by atoms with Gasteiger partial charge in [-0.25, -0.2) is 4.98 Å². The summed E-state index contributed by atoms with van der Waals surface area (Å²) in [7, 11) is 0. The molecule has 0 saturated heterocycles. The number of halogens is 1. The van der Waals surface area contributed by atoms with Crippen LogP contribution in [0.2, 0.25) is 0 Å². The first-order chi connectivity index (χ1) is 13.1. The summed E-state index contributed by atoms with van der Waals surface area (Å²) in [5, 5.41) is 2.37. The van der Waals surface area contributed by atoms with E-state index in [0.29, 0.717) is 20.9 Å². The van der Waals surface area contributed by atoms with Gasteiger partial charge in [-0.3, -0.25) is 14.2 Å². The molecule has 27 heavy (non-hydrogen) atoms. The highest BCUT2D eigenvalue weighted by atomic mass is 79.9. The number of ketones is 1. The zero-order chi connectivity index (χ0) is 18.8. The quantitative estimate of drug-likeness (QED) is 0.235. The third-order valence-corrected chi connectivity index (χ3v) is 6.32. The summed E-state index contributed by atoms with van der Waals surface area (Å²) in [5.74, 6) is 0.213. The number of thioether (sulfide) groups is 1. The Morgan fingerprint density at radius 3 is 2.56 bits per heavy atom. The first kappa shape index (κ1) is 18.2. The number of hydrogen-bond acceptors (Lipinski definition) is 5. The summed E-state index contributed by atoms with van der Waals surface area (Å²) in [6, 6.07) is 18.4. The van der Waals surface area contributed by atoms with Crippen LogP contribution in [0, 0.1) is 0 Å². The molecule has 0 fully saturated rings. The fourth-order valence-electron chi connectivity index (χ4n) is 2.64. The Morgan fingerprint density at radius 1 is 1.07 bits per heavy atom. The lowest BCUT2D eigenvalue weighted by Crippen LogP contribution is -2.21. The predicted molar refractivity (Wildman–Crippen MR) is 114 cm³/mol. The molecule has 2 aromatic carbocycles. The fourth-order valence-corrected chi connectivity index (χ4v) is 4.58. The van der Waals surface area contributed by atoms with Crippen molar-refractivity contribution in [3.8, 4) is 5.69 Å². The molecule has 0 atom stereocenters. The zero-order valence-electron chi connectivity index (χ0n) is 14.0. The van der Waals surface area contributed by atoms with E-state index in [4.69, 9.17) is 0 Å². The SMILES string of the molecule is O=C(CSc1nc2ccsc2c(=O)n1-c1ccc(Br)cc1)c1ccccc1. The second kappa shape index (κ2) is 7.80. The van der Waals surface area contributed by atoms with E-state index in [-0.39, 0.29) is 17.1 Å². The van der Waals surface area contributed by atoms with Crippen molar-refractivity contribution in [1.29, 1.82) is 0 Å². The Hall–Kier alpha value is -2.22. The molecule has 0 radical (unpaired) electrons. The molecule has 0 spiro atoms. The third kappa shape index (κ3) is 3.76. The van der Waals surface area contributed by atoms with E-state index in [1.807, 2.05) is 53.9 Å². The topological polar surface area (TPSA) is 52.0 Å². The highest BCUT2D eigenvalue weighted by molar-refractivity contribution is 9.10. The maximum atomic E-state index is 13.0. The van der Waals surface area contributed by atoms with Crippen LogP contribution in [0.15, 0.2) is 80.5 Å². The van der Waals surface area contributed by atoms with Gasteiger partial charge >= 0.3 is 0 Å². The molecule has 0 N–H and O–H groups in total. The number of aromatic nitrogens is 2. The highest BCUT2D eigenvalue weighted by Gasteiger charge is 2.16. The minimum atomic E-state index is -0.119. The Balaban J connectivity index is 1.74. The second-order valence-corrected chi connectivity index (χ2v) is 8.50. The molecule has 134 valence electrons. The van der Waals surface area contributed by atoms with Crippen LogP contribution in [0.3, 0.4) is 0 Å². The van der Waals surface area contributed by atoms with Crippen molar-refractivity contribution in [2.24, 2.45) is 0 Å². The van der Waals surface area contributed by atoms with Gasteiger partial charge < -0.3 is 0 Å². The van der Waals surface area contributed by atoms with Crippen molar-refractivity contribution in [3.05, 3.63) is 86.4 Å². The van der Waals surface area contributed by atoms with Gasteiger partial charge in [-0.15, -0.1) is 11.3 Å². The summed E-state index contributed by atoms with van der Waals surface area (Å²) < 4.78 is 3.11. The molecule has 0 saturated carbocycles. The number of benzene rings is 2. The Labute approximate surface area is 172 Å². The van der Waals surface area contributed by atoms with Gasteiger partial charge in [0.15, 0.2) is 10.9 Å².